The number of pyridine rings is 1. The summed E-state index contributed by atoms with van der Waals surface area (Å²) in [5.41, 5.74) is 5.90. The second-order valence-electron chi connectivity index (χ2n) is 16.1. The van der Waals surface area contributed by atoms with Gasteiger partial charge in [-0.25, -0.2) is 9.36 Å². The third kappa shape index (κ3) is 11.2. The van der Waals surface area contributed by atoms with Gasteiger partial charge in [0.25, 0.3) is 0 Å². The van der Waals surface area contributed by atoms with Gasteiger partial charge in [0.1, 0.15) is 12.2 Å². The molecule has 14 heteroatoms. The minimum atomic E-state index is -1.05. The smallest absolute Gasteiger partial charge is 0.327 e. The van der Waals surface area contributed by atoms with Crippen LogP contribution in [0.1, 0.15) is 115 Å². The summed E-state index contributed by atoms with van der Waals surface area (Å²) in [6.07, 6.45) is 19.4. The van der Waals surface area contributed by atoms with Crippen molar-refractivity contribution in [2.75, 3.05) is 18.0 Å². The van der Waals surface area contributed by atoms with Crippen LogP contribution in [0.5, 0.6) is 0 Å². The Kier molecular flexibility index (Phi) is 15.7. The molecule has 308 valence electrons. The number of allylic oxidation sites excluding steroid dienone is 6. The molecule has 2 bridgehead atoms. The van der Waals surface area contributed by atoms with E-state index in [4.69, 9.17) is 4.99 Å². The van der Waals surface area contributed by atoms with E-state index in [9.17, 15) is 24.7 Å². The van der Waals surface area contributed by atoms with Gasteiger partial charge in [-0.1, -0.05) is 38.5 Å². The minimum Gasteiger partial charge on any atom is -0.691 e. The summed E-state index contributed by atoms with van der Waals surface area (Å²) in [6.45, 7) is 12.8. The Balaban J connectivity index is 1.39. The highest BCUT2D eigenvalue weighted by atomic mass is 79.9. The molecular weight excluding hydrogens is 810 g/mol. The van der Waals surface area contributed by atoms with Crippen molar-refractivity contribution in [3.63, 3.8) is 0 Å². The van der Waals surface area contributed by atoms with Crippen LogP contribution in [0.2, 0.25) is 0 Å². The number of hydrogen-bond donors (Lipinski definition) is 3. The molecule has 0 aliphatic carbocycles. The zero-order valence-corrected chi connectivity index (χ0v) is 36.1. The largest absolute Gasteiger partial charge is 0.691 e. The van der Waals surface area contributed by atoms with Crippen LogP contribution < -0.4 is 25.4 Å². The SMILES string of the molecule is Cc1cc(SOO[O-])cc2c1N1CCCCCC(=O)NCCCCC(C(=O)O)NC(=O)CCCCC[n+]3cc(Br)cc4c3N=C(/C=C/C=C/C=C1C2(C)C)C4(C)C. The van der Waals surface area contributed by atoms with Crippen molar-refractivity contribution in [3.8, 4) is 0 Å². The van der Waals surface area contributed by atoms with Gasteiger partial charge in [0.2, 0.25) is 11.8 Å². The molecule has 3 N–H and O–H groups in total. The number of nitrogens with one attached hydrogen (secondary N) is 2. The van der Waals surface area contributed by atoms with Gasteiger partial charge in [-0.15, -0.1) is 0 Å². The number of carboxylic acids is 1. The molecule has 5 rings (SSSR count). The molecule has 0 fully saturated rings. The Labute approximate surface area is 349 Å². The number of rotatable bonds is 4. The Hall–Kier alpha value is -3.82. The van der Waals surface area contributed by atoms with E-state index >= 15 is 0 Å². The number of aryl methyl sites for hydroxylation is 2. The molecule has 0 radical (unpaired) electrons. The number of carboxylic acid groups (broad SMARTS) is 1. The van der Waals surface area contributed by atoms with Crippen molar-refractivity contribution in [3.05, 3.63) is 81.6 Å². The number of amides is 2. The lowest BCUT2D eigenvalue weighted by Gasteiger charge is -2.27. The minimum absolute atomic E-state index is 0.0176. The standard InChI is InChI=1S/C43H56BrN5O7S/c1-29-25-31(57-56-55-54)27-32-39(29)49-24-16-8-11-20-37(50)45-22-14-13-17-34(41(52)53)46-38(51)21-12-7-15-23-48-28-30(44)26-33-40(48)47-35(42(33,2)3)18-9-6-10-19-36(49)43(32,4)5/h6,9-10,18-19,25-28,34H,7-8,11-17,20-24H2,1-5H3,(H3-,45,46,50,51,52,53,54). The maximum absolute atomic E-state index is 12.7. The predicted octanol–water partition coefficient (Wildman–Crippen LogP) is 7.42. The molecule has 1 aromatic carbocycles. The van der Waals surface area contributed by atoms with E-state index in [2.05, 4.69) is 117 Å². The number of benzene rings is 1. The molecule has 4 heterocycles. The number of nitrogens with zero attached hydrogens (tertiary/aromatic N) is 3. The molecule has 1 aromatic heterocycles. The average molecular weight is 867 g/mol. The quantitative estimate of drug-likeness (QED) is 0.123. The number of aliphatic carboxylic acids is 1. The highest BCUT2D eigenvalue weighted by molar-refractivity contribution is 9.10. The maximum atomic E-state index is 12.7. The number of hydrogen-bond acceptors (Lipinski definition) is 9. The molecule has 1 unspecified atom stereocenters. The monoisotopic (exact) mass is 865 g/mol. The number of carbonyl (C=O) groups excluding carboxylic acids is 2. The number of fused-ring (bicyclic) bond motifs is 3. The molecule has 1 atom stereocenters. The third-order valence-corrected chi connectivity index (χ3v) is 12.1. The van der Waals surface area contributed by atoms with Gasteiger partial charge in [-0.3, -0.25) is 14.6 Å². The van der Waals surface area contributed by atoms with E-state index in [1.807, 2.05) is 18.2 Å². The molecule has 0 spiro atoms. The van der Waals surface area contributed by atoms with Crippen molar-refractivity contribution in [1.29, 1.82) is 0 Å². The van der Waals surface area contributed by atoms with E-state index < -0.39 is 12.0 Å². The third-order valence-electron chi connectivity index (χ3n) is 11.1. The van der Waals surface area contributed by atoms with Crippen molar-refractivity contribution >= 4 is 63.0 Å². The summed E-state index contributed by atoms with van der Waals surface area (Å²) in [5.74, 6) is -0.392. The van der Waals surface area contributed by atoms with E-state index in [1.165, 1.54) is 0 Å². The first-order chi connectivity index (χ1) is 27.2. The van der Waals surface area contributed by atoms with Crippen LogP contribution in [0.4, 0.5) is 11.5 Å². The molecule has 0 saturated heterocycles. The fourth-order valence-corrected chi connectivity index (χ4v) is 8.93. The molecule has 12 nitrogen and oxygen atoms in total. The Bertz CT molecular complexity index is 1920. The second-order valence-corrected chi connectivity index (χ2v) is 17.8. The van der Waals surface area contributed by atoms with Gasteiger partial charge in [-0.2, -0.15) is 4.33 Å². The predicted molar refractivity (Wildman–Crippen MR) is 224 cm³/mol. The Morgan fingerprint density at radius 2 is 1.72 bits per heavy atom. The maximum Gasteiger partial charge on any atom is 0.327 e. The van der Waals surface area contributed by atoms with E-state index in [0.717, 1.165) is 106 Å². The number of aromatic nitrogens is 1. The van der Waals surface area contributed by atoms with Crippen LogP contribution in [0, 0.1) is 6.92 Å². The molecule has 3 aliphatic rings. The lowest BCUT2D eigenvalue weighted by Crippen LogP contribution is -2.40. The van der Waals surface area contributed by atoms with E-state index in [0.29, 0.717) is 38.6 Å². The van der Waals surface area contributed by atoms with Gasteiger partial charge in [0.15, 0.2) is 5.71 Å². The van der Waals surface area contributed by atoms with Crippen LogP contribution in [0.25, 0.3) is 0 Å². The van der Waals surface area contributed by atoms with E-state index in [1.54, 1.807) is 0 Å². The highest BCUT2D eigenvalue weighted by Gasteiger charge is 2.43. The summed E-state index contributed by atoms with van der Waals surface area (Å²) in [6, 6.07) is 5.24. The summed E-state index contributed by atoms with van der Waals surface area (Å²) in [5, 5.41) is 29.6. The number of anilines is 1. The molecule has 0 saturated carbocycles. The van der Waals surface area contributed by atoms with E-state index in [-0.39, 0.29) is 29.1 Å². The molecule has 57 heavy (non-hydrogen) atoms. The zero-order chi connectivity index (χ0) is 41.2. The van der Waals surface area contributed by atoms with Crippen LogP contribution in [0.15, 0.2) is 74.8 Å². The number of halogens is 1. The summed E-state index contributed by atoms with van der Waals surface area (Å²) < 4.78 is 7.81. The van der Waals surface area contributed by atoms with Crippen LogP contribution in [-0.2, 0) is 41.1 Å². The fourth-order valence-electron chi connectivity index (χ4n) is 7.95. The lowest BCUT2D eigenvalue weighted by atomic mass is 9.82. The van der Waals surface area contributed by atoms with Gasteiger partial charge in [-0.05, 0) is 135 Å². The lowest BCUT2D eigenvalue weighted by molar-refractivity contribution is -0.777. The molecule has 3 aliphatic heterocycles. The van der Waals surface area contributed by atoms with Crippen molar-refractivity contribution in [2.45, 2.75) is 134 Å². The summed E-state index contributed by atoms with van der Waals surface area (Å²) >= 11 is 4.60. The van der Waals surface area contributed by atoms with Gasteiger partial charge < -0.3 is 25.9 Å². The van der Waals surface area contributed by atoms with Gasteiger partial charge in [0.05, 0.1) is 34.0 Å². The molecule has 2 aromatic rings. The van der Waals surface area contributed by atoms with Crippen LogP contribution in [-0.4, -0.2) is 47.7 Å². The molecule has 2 amide bonds. The zero-order valence-electron chi connectivity index (χ0n) is 33.7. The number of carbonyl (C=O) groups is 3. The topological polar surface area (TPSA) is 156 Å². The van der Waals surface area contributed by atoms with Crippen molar-refractivity contribution in [1.82, 2.24) is 10.6 Å². The second kappa shape index (κ2) is 20.2. The van der Waals surface area contributed by atoms with Crippen LogP contribution >= 0.6 is 28.0 Å². The highest BCUT2D eigenvalue weighted by Crippen LogP contribution is 2.50. The first-order valence-corrected chi connectivity index (χ1v) is 21.5. The van der Waals surface area contributed by atoms with Gasteiger partial charge >= 0.3 is 11.8 Å². The first kappa shape index (κ1) is 44.3. The Morgan fingerprint density at radius 1 is 0.965 bits per heavy atom. The summed E-state index contributed by atoms with van der Waals surface area (Å²) in [7, 11) is 0. The van der Waals surface area contributed by atoms with Crippen molar-refractivity contribution in [2.24, 2.45) is 4.99 Å². The first-order valence-electron chi connectivity index (χ1n) is 20.0. The normalized spacial score (nSPS) is 22.2. The fraction of sp³-hybridized carbons (Fsp3) is 0.512. The molecular formula is C43H56BrN5O7S. The Morgan fingerprint density at radius 3 is 2.47 bits per heavy atom. The van der Waals surface area contributed by atoms with Crippen LogP contribution in [0.3, 0.4) is 0 Å². The average Bonchev–Trinajstić information content (AvgIpc) is 3.53. The van der Waals surface area contributed by atoms with Crippen molar-refractivity contribution < 1.29 is 38.7 Å². The van der Waals surface area contributed by atoms with Gasteiger partial charge in [0, 0.05) is 47.6 Å². The summed E-state index contributed by atoms with van der Waals surface area (Å²) in [4.78, 5) is 45.4. The number of aliphatic imine (C=N–C) groups is 1.